The monoisotopic (exact) mass is 228 g/mol. The van der Waals surface area contributed by atoms with E-state index in [2.05, 4.69) is 0 Å². The zero-order chi connectivity index (χ0) is 10.8. The smallest absolute Gasteiger partial charge is 0.371 e. The lowest BCUT2D eigenvalue weighted by molar-refractivity contribution is 0.0455. The van der Waals surface area contributed by atoms with E-state index in [9.17, 15) is 4.79 Å². The van der Waals surface area contributed by atoms with Crippen LogP contribution in [0.25, 0.3) is 0 Å². The molecule has 2 rings (SSSR count). The Labute approximate surface area is 91.6 Å². The number of furan rings is 1. The van der Waals surface area contributed by atoms with E-state index in [0.717, 1.165) is 24.5 Å². The lowest BCUT2D eigenvalue weighted by Gasteiger charge is -2.24. The SMILES string of the molecule is Cc1oc(C(=O)O)cc1CSC1COC1. The van der Waals surface area contributed by atoms with Gasteiger partial charge in [0.05, 0.1) is 18.5 Å². The van der Waals surface area contributed by atoms with Gasteiger partial charge in [-0.3, -0.25) is 0 Å². The van der Waals surface area contributed by atoms with E-state index >= 15 is 0 Å². The van der Waals surface area contributed by atoms with Gasteiger partial charge in [-0.15, -0.1) is 11.8 Å². The van der Waals surface area contributed by atoms with Crippen LogP contribution in [0.15, 0.2) is 10.5 Å². The summed E-state index contributed by atoms with van der Waals surface area (Å²) in [5.74, 6) is 0.492. The Hall–Kier alpha value is -0.940. The van der Waals surface area contributed by atoms with Crippen LogP contribution in [0.5, 0.6) is 0 Å². The Kier molecular flexibility index (Phi) is 3.02. The molecule has 1 aliphatic heterocycles. The third kappa shape index (κ3) is 2.35. The zero-order valence-electron chi connectivity index (χ0n) is 8.36. The van der Waals surface area contributed by atoms with Gasteiger partial charge in [-0.1, -0.05) is 0 Å². The van der Waals surface area contributed by atoms with Crippen molar-refractivity contribution in [3.63, 3.8) is 0 Å². The average Bonchev–Trinajstić information content (AvgIpc) is 2.45. The van der Waals surface area contributed by atoms with Gasteiger partial charge < -0.3 is 14.3 Å². The van der Waals surface area contributed by atoms with E-state index in [1.54, 1.807) is 24.8 Å². The Bertz CT molecular complexity index is 367. The molecule has 5 heteroatoms. The molecule has 0 unspecified atom stereocenters. The summed E-state index contributed by atoms with van der Waals surface area (Å²) >= 11 is 1.78. The standard InChI is InChI=1S/C10H12O4S/c1-6-7(2-9(14-6)10(11)12)5-15-8-3-13-4-8/h2,8H,3-5H2,1H3,(H,11,12). The molecule has 15 heavy (non-hydrogen) atoms. The first-order valence-electron chi connectivity index (χ1n) is 4.69. The fourth-order valence-corrected chi connectivity index (χ4v) is 2.37. The van der Waals surface area contributed by atoms with Crippen LogP contribution in [-0.4, -0.2) is 29.5 Å². The summed E-state index contributed by atoms with van der Waals surface area (Å²) < 4.78 is 10.2. The highest BCUT2D eigenvalue weighted by molar-refractivity contribution is 7.99. The maximum Gasteiger partial charge on any atom is 0.371 e. The molecule has 0 spiro atoms. The van der Waals surface area contributed by atoms with E-state index in [1.807, 2.05) is 0 Å². The first-order valence-corrected chi connectivity index (χ1v) is 5.73. The Morgan fingerprint density at radius 2 is 2.40 bits per heavy atom. The molecule has 0 radical (unpaired) electrons. The molecule has 82 valence electrons. The van der Waals surface area contributed by atoms with Crippen molar-refractivity contribution in [2.75, 3.05) is 13.2 Å². The van der Waals surface area contributed by atoms with Gasteiger partial charge in [-0.05, 0) is 13.0 Å². The summed E-state index contributed by atoms with van der Waals surface area (Å²) in [5.41, 5.74) is 0.962. The third-order valence-corrected chi connectivity index (χ3v) is 3.53. The fourth-order valence-electron chi connectivity index (χ4n) is 1.29. The normalized spacial score (nSPS) is 16.3. The second-order valence-corrected chi connectivity index (χ2v) is 4.76. The van der Waals surface area contributed by atoms with Crippen LogP contribution in [0.3, 0.4) is 0 Å². The summed E-state index contributed by atoms with van der Waals surface area (Å²) in [6.07, 6.45) is 0. The predicted molar refractivity (Wildman–Crippen MR) is 56.3 cm³/mol. The van der Waals surface area contributed by atoms with E-state index < -0.39 is 5.97 Å². The number of carboxylic acid groups (broad SMARTS) is 1. The van der Waals surface area contributed by atoms with Crippen LogP contribution >= 0.6 is 11.8 Å². The molecule has 0 aromatic carbocycles. The molecule has 0 atom stereocenters. The van der Waals surface area contributed by atoms with Gasteiger partial charge >= 0.3 is 5.97 Å². The molecule has 0 amide bonds. The predicted octanol–water partition coefficient (Wildman–Crippen LogP) is 1.92. The summed E-state index contributed by atoms with van der Waals surface area (Å²) in [7, 11) is 0. The Balaban J connectivity index is 1.97. The van der Waals surface area contributed by atoms with Crippen molar-refractivity contribution >= 4 is 17.7 Å². The largest absolute Gasteiger partial charge is 0.475 e. The van der Waals surface area contributed by atoms with Crippen molar-refractivity contribution in [3.8, 4) is 0 Å². The first kappa shape index (κ1) is 10.6. The third-order valence-electron chi connectivity index (χ3n) is 2.31. The van der Waals surface area contributed by atoms with E-state index in [4.69, 9.17) is 14.3 Å². The topological polar surface area (TPSA) is 59.7 Å². The van der Waals surface area contributed by atoms with Crippen molar-refractivity contribution in [1.82, 2.24) is 0 Å². The quantitative estimate of drug-likeness (QED) is 0.853. The summed E-state index contributed by atoms with van der Waals surface area (Å²) in [6, 6.07) is 1.60. The number of aryl methyl sites for hydroxylation is 1. The average molecular weight is 228 g/mol. The molecule has 2 heterocycles. The fraction of sp³-hybridized carbons (Fsp3) is 0.500. The van der Waals surface area contributed by atoms with E-state index in [1.165, 1.54) is 0 Å². The molecule has 0 saturated carbocycles. The van der Waals surface area contributed by atoms with Crippen LogP contribution in [-0.2, 0) is 10.5 Å². The summed E-state index contributed by atoms with van der Waals surface area (Å²) in [5, 5.41) is 9.29. The molecule has 1 saturated heterocycles. The Morgan fingerprint density at radius 1 is 1.67 bits per heavy atom. The molecule has 4 nitrogen and oxygen atoms in total. The lowest BCUT2D eigenvalue weighted by atomic mass is 10.3. The van der Waals surface area contributed by atoms with Gasteiger partial charge in [0.15, 0.2) is 0 Å². The van der Waals surface area contributed by atoms with Crippen LogP contribution < -0.4 is 0 Å². The van der Waals surface area contributed by atoms with Gasteiger partial charge in [-0.25, -0.2) is 4.79 Å². The van der Waals surface area contributed by atoms with Crippen molar-refractivity contribution in [3.05, 3.63) is 23.2 Å². The minimum atomic E-state index is -1.01. The number of rotatable bonds is 4. The molecule has 1 aliphatic rings. The maximum absolute atomic E-state index is 10.7. The second kappa shape index (κ2) is 4.28. The summed E-state index contributed by atoms with van der Waals surface area (Å²) in [6.45, 7) is 3.39. The number of carbonyl (C=O) groups is 1. The number of hydrogen-bond donors (Lipinski definition) is 1. The van der Waals surface area contributed by atoms with Crippen LogP contribution in [0.2, 0.25) is 0 Å². The van der Waals surface area contributed by atoms with Gasteiger partial charge in [0.1, 0.15) is 5.76 Å². The first-order chi connectivity index (χ1) is 7.16. The number of aromatic carboxylic acids is 1. The molecule has 0 aliphatic carbocycles. The number of hydrogen-bond acceptors (Lipinski definition) is 4. The van der Waals surface area contributed by atoms with Crippen LogP contribution in [0.4, 0.5) is 0 Å². The number of thioether (sulfide) groups is 1. The minimum Gasteiger partial charge on any atom is -0.475 e. The molecule has 1 aromatic rings. The zero-order valence-corrected chi connectivity index (χ0v) is 9.17. The second-order valence-electron chi connectivity index (χ2n) is 3.47. The lowest BCUT2D eigenvalue weighted by Crippen LogP contribution is -2.30. The van der Waals surface area contributed by atoms with Crippen LogP contribution in [0.1, 0.15) is 21.9 Å². The van der Waals surface area contributed by atoms with Crippen LogP contribution in [0, 0.1) is 6.92 Å². The molecule has 0 bridgehead atoms. The highest BCUT2D eigenvalue weighted by atomic mass is 32.2. The van der Waals surface area contributed by atoms with Gasteiger partial charge in [0, 0.05) is 11.3 Å². The van der Waals surface area contributed by atoms with E-state index in [-0.39, 0.29) is 5.76 Å². The molecule has 1 aromatic heterocycles. The molecule has 1 N–H and O–H groups in total. The molecule has 1 fully saturated rings. The number of carboxylic acids is 1. The van der Waals surface area contributed by atoms with E-state index in [0.29, 0.717) is 11.0 Å². The van der Waals surface area contributed by atoms with Gasteiger partial charge in [0.2, 0.25) is 5.76 Å². The molecular formula is C10H12O4S. The summed E-state index contributed by atoms with van der Waals surface area (Å²) in [4.78, 5) is 10.7. The maximum atomic E-state index is 10.7. The van der Waals surface area contributed by atoms with Crippen molar-refractivity contribution in [2.24, 2.45) is 0 Å². The molecular weight excluding hydrogens is 216 g/mol. The van der Waals surface area contributed by atoms with Crippen molar-refractivity contribution < 1.29 is 19.1 Å². The highest BCUT2D eigenvalue weighted by Crippen LogP contribution is 2.26. The van der Waals surface area contributed by atoms with Gasteiger partial charge in [0.25, 0.3) is 0 Å². The Morgan fingerprint density at radius 3 is 2.87 bits per heavy atom. The number of ether oxygens (including phenoxy) is 1. The van der Waals surface area contributed by atoms with Crippen molar-refractivity contribution in [2.45, 2.75) is 17.9 Å². The highest BCUT2D eigenvalue weighted by Gasteiger charge is 2.20. The minimum absolute atomic E-state index is 0.0213. The van der Waals surface area contributed by atoms with Crippen molar-refractivity contribution in [1.29, 1.82) is 0 Å². The van der Waals surface area contributed by atoms with Gasteiger partial charge in [-0.2, -0.15) is 0 Å².